The van der Waals surface area contributed by atoms with E-state index in [1.54, 1.807) is 13.0 Å². The Bertz CT molecular complexity index is 623. The van der Waals surface area contributed by atoms with Crippen LogP contribution in [0.25, 0.3) is 10.9 Å². The topological polar surface area (TPSA) is 39.2 Å². The van der Waals surface area contributed by atoms with Crippen molar-refractivity contribution in [3.63, 3.8) is 0 Å². The van der Waals surface area contributed by atoms with Crippen LogP contribution in [-0.4, -0.2) is 17.6 Å². The second-order valence-corrected chi connectivity index (χ2v) is 3.81. The van der Waals surface area contributed by atoms with Gasteiger partial charge in [-0.25, -0.2) is 4.79 Å². The van der Waals surface area contributed by atoms with Crippen LogP contribution in [0.15, 0.2) is 30.5 Å². The average Bonchev–Trinajstić information content (AvgIpc) is 2.36. The minimum Gasteiger partial charge on any atom is -0.462 e. The van der Waals surface area contributed by atoms with Gasteiger partial charge in [-0.3, -0.25) is 4.98 Å². The summed E-state index contributed by atoms with van der Waals surface area (Å²) >= 11 is 0. The van der Waals surface area contributed by atoms with Crippen molar-refractivity contribution >= 4 is 16.9 Å². The molecular formula is C13H10F3NO2. The highest BCUT2D eigenvalue weighted by Gasteiger charge is 2.32. The first-order valence-electron chi connectivity index (χ1n) is 5.56. The van der Waals surface area contributed by atoms with Crippen molar-refractivity contribution in [2.45, 2.75) is 13.1 Å². The lowest BCUT2D eigenvalue weighted by Crippen LogP contribution is -2.10. The molecule has 0 unspecified atom stereocenters. The number of hydrogen-bond acceptors (Lipinski definition) is 3. The number of carbonyl (C=O) groups is 1. The van der Waals surface area contributed by atoms with Crippen molar-refractivity contribution in [1.29, 1.82) is 0 Å². The van der Waals surface area contributed by atoms with E-state index in [0.29, 0.717) is 5.39 Å². The predicted molar refractivity (Wildman–Crippen MR) is 62.7 cm³/mol. The average molecular weight is 269 g/mol. The molecule has 0 aliphatic carbocycles. The second kappa shape index (κ2) is 4.87. The van der Waals surface area contributed by atoms with Crippen LogP contribution in [0.1, 0.15) is 22.8 Å². The Kier molecular flexibility index (Phi) is 3.42. The molecule has 0 amide bonds. The molecule has 2 aromatic rings. The van der Waals surface area contributed by atoms with Crippen LogP contribution in [0.2, 0.25) is 0 Å². The van der Waals surface area contributed by atoms with E-state index >= 15 is 0 Å². The van der Waals surface area contributed by atoms with Crippen LogP contribution in [0.5, 0.6) is 0 Å². The molecule has 6 heteroatoms. The molecule has 0 bridgehead atoms. The normalized spacial score (nSPS) is 11.6. The van der Waals surface area contributed by atoms with E-state index < -0.39 is 17.7 Å². The number of nitrogens with zero attached hydrogens (tertiary/aromatic N) is 1. The Morgan fingerprint density at radius 1 is 1.37 bits per heavy atom. The Morgan fingerprint density at radius 3 is 2.74 bits per heavy atom. The monoisotopic (exact) mass is 269 g/mol. The molecule has 0 spiro atoms. The number of pyridine rings is 1. The SMILES string of the molecule is CCOC(=O)c1cc(C(F)(F)F)cc2ncccc12. The van der Waals surface area contributed by atoms with Crippen LogP contribution in [0, 0.1) is 0 Å². The van der Waals surface area contributed by atoms with Crippen LogP contribution in [0.3, 0.4) is 0 Å². The largest absolute Gasteiger partial charge is 0.462 e. The molecule has 0 N–H and O–H groups in total. The lowest BCUT2D eigenvalue weighted by molar-refractivity contribution is -0.137. The van der Waals surface area contributed by atoms with Gasteiger partial charge >= 0.3 is 12.1 Å². The lowest BCUT2D eigenvalue weighted by atomic mass is 10.0. The smallest absolute Gasteiger partial charge is 0.416 e. The summed E-state index contributed by atoms with van der Waals surface area (Å²) in [6, 6.07) is 4.80. The molecule has 0 fully saturated rings. The molecule has 3 nitrogen and oxygen atoms in total. The Hall–Kier alpha value is -2.11. The van der Waals surface area contributed by atoms with Crippen molar-refractivity contribution in [1.82, 2.24) is 4.98 Å². The number of ether oxygens (including phenoxy) is 1. The third-order valence-corrected chi connectivity index (χ3v) is 2.54. The number of rotatable bonds is 2. The summed E-state index contributed by atoms with van der Waals surface area (Å²) in [5, 5.41) is 0.342. The maximum absolute atomic E-state index is 12.8. The number of esters is 1. The first-order chi connectivity index (χ1) is 8.93. The molecule has 0 radical (unpaired) electrons. The van der Waals surface area contributed by atoms with Gasteiger partial charge in [-0.1, -0.05) is 6.07 Å². The van der Waals surface area contributed by atoms with Gasteiger partial charge in [0.05, 0.1) is 23.3 Å². The molecule has 2 rings (SSSR count). The zero-order valence-electron chi connectivity index (χ0n) is 9.99. The Morgan fingerprint density at radius 2 is 2.11 bits per heavy atom. The van der Waals surface area contributed by atoms with Gasteiger partial charge < -0.3 is 4.74 Å². The summed E-state index contributed by atoms with van der Waals surface area (Å²) in [7, 11) is 0. The van der Waals surface area contributed by atoms with Crippen LogP contribution < -0.4 is 0 Å². The molecule has 0 aliphatic rings. The van der Waals surface area contributed by atoms with Gasteiger partial charge in [-0.15, -0.1) is 0 Å². The summed E-state index contributed by atoms with van der Waals surface area (Å²) < 4.78 is 43.1. The van der Waals surface area contributed by atoms with E-state index in [0.717, 1.165) is 12.1 Å². The molecule has 19 heavy (non-hydrogen) atoms. The zero-order valence-corrected chi connectivity index (χ0v) is 9.99. The summed E-state index contributed by atoms with van der Waals surface area (Å²) in [6.45, 7) is 1.68. The molecule has 1 heterocycles. The highest BCUT2D eigenvalue weighted by atomic mass is 19.4. The number of benzene rings is 1. The fourth-order valence-corrected chi connectivity index (χ4v) is 1.72. The van der Waals surface area contributed by atoms with E-state index in [9.17, 15) is 18.0 Å². The van der Waals surface area contributed by atoms with Crippen molar-refractivity contribution in [3.8, 4) is 0 Å². The lowest BCUT2D eigenvalue weighted by Gasteiger charge is -2.11. The summed E-state index contributed by atoms with van der Waals surface area (Å²) in [5.41, 5.74) is -0.929. The molecule has 0 saturated carbocycles. The minimum atomic E-state index is -4.53. The third kappa shape index (κ3) is 2.67. The van der Waals surface area contributed by atoms with Gasteiger partial charge in [0.2, 0.25) is 0 Å². The number of hydrogen-bond donors (Lipinski definition) is 0. The van der Waals surface area contributed by atoms with Gasteiger partial charge in [-0.05, 0) is 25.1 Å². The molecule has 0 saturated heterocycles. The number of fused-ring (bicyclic) bond motifs is 1. The van der Waals surface area contributed by atoms with Crippen LogP contribution in [-0.2, 0) is 10.9 Å². The fourth-order valence-electron chi connectivity index (χ4n) is 1.72. The van der Waals surface area contributed by atoms with E-state index in [2.05, 4.69) is 4.98 Å². The molecular weight excluding hydrogens is 259 g/mol. The number of aromatic nitrogens is 1. The molecule has 0 atom stereocenters. The molecule has 1 aromatic heterocycles. The third-order valence-electron chi connectivity index (χ3n) is 2.54. The minimum absolute atomic E-state index is 0.0941. The van der Waals surface area contributed by atoms with E-state index in [-0.39, 0.29) is 17.7 Å². The number of halogens is 3. The Balaban J connectivity index is 2.68. The second-order valence-electron chi connectivity index (χ2n) is 3.81. The maximum atomic E-state index is 12.8. The van der Waals surface area contributed by atoms with Crippen molar-refractivity contribution < 1.29 is 22.7 Å². The van der Waals surface area contributed by atoms with E-state index in [4.69, 9.17) is 4.74 Å². The summed E-state index contributed by atoms with van der Waals surface area (Å²) in [5.74, 6) is -0.786. The van der Waals surface area contributed by atoms with Crippen molar-refractivity contribution in [3.05, 3.63) is 41.6 Å². The molecule has 100 valence electrons. The standard InChI is InChI=1S/C13H10F3NO2/c1-2-19-12(18)10-6-8(13(14,15)16)7-11-9(10)4-3-5-17-11/h3-7H,2H2,1H3. The summed E-state index contributed by atoms with van der Waals surface area (Å²) in [4.78, 5) is 15.6. The van der Waals surface area contributed by atoms with Crippen LogP contribution >= 0.6 is 0 Å². The first kappa shape index (κ1) is 13.3. The number of carbonyl (C=O) groups excluding carboxylic acids is 1. The van der Waals surface area contributed by atoms with Crippen molar-refractivity contribution in [2.24, 2.45) is 0 Å². The van der Waals surface area contributed by atoms with E-state index in [1.165, 1.54) is 12.3 Å². The van der Waals surface area contributed by atoms with Crippen molar-refractivity contribution in [2.75, 3.05) is 6.61 Å². The quantitative estimate of drug-likeness (QED) is 0.784. The Labute approximate surface area is 107 Å². The van der Waals surface area contributed by atoms with Gasteiger partial charge in [0, 0.05) is 11.6 Å². The first-order valence-corrected chi connectivity index (χ1v) is 5.56. The molecule has 1 aromatic carbocycles. The number of alkyl halides is 3. The maximum Gasteiger partial charge on any atom is 0.416 e. The molecule has 0 aliphatic heterocycles. The van der Waals surface area contributed by atoms with Gasteiger partial charge in [0.1, 0.15) is 0 Å². The van der Waals surface area contributed by atoms with E-state index in [1.807, 2.05) is 0 Å². The highest BCUT2D eigenvalue weighted by Crippen LogP contribution is 2.32. The fraction of sp³-hybridized carbons (Fsp3) is 0.231. The van der Waals surface area contributed by atoms with Gasteiger partial charge in [0.15, 0.2) is 0 Å². The van der Waals surface area contributed by atoms with Gasteiger partial charge in [0.25, 0.3) is 0 Å². The summed E-state index contributed by atoms with van der Waals surface area (Å²) in [6.07, 6.45) is -3.16. The predicted octanol–water partition coefficient (Wildman–Crippen LogP) is 3.43. The highest BCUT2D eigenvalue weighted by molar-refractivity contribution is 6.03. The van der Waals surface area contributed by atoms with Crippen LogP contribution in [0.4, 0.5) is 13.2 Å². The van der Waals surface area contributed by atoms with Gasteiger partial charge in [-0.2, -0.15) is 13.2 Å². The zero-order chi connectivity index (χ0) is 14.0.